The Morgan fingerprint density at radius 3 is 2.54 bits per heavy atom. The van der Waals surface area contributed by atoms with Crippen molar-refractivity contribution < 1.29 is 28.2 Å². The van der Waals surface area contributed by atoms with E-state index >= 15 is 0 Å². The van der Waals surface area contributed by atoms with Crippen LogP contribution >= 0.6 is 39.3 Å². The maximum Gasteiger partial charge on any atom is 0.293 e. The third kappa shape index (κ3) is 6.85. The molecule has 4 rings (SSSR count). The van der Waals surface area contributed by atoms with Gasteiger partial charge in [-0.05, 0) is 88.7 Å². The van der Waals surface area contributed by atoms with E-state index < -0.39 is 5.91 Å². The predicted octanol–water partition coefficient (Wildman–Crippen LogP) is 7.33. The lowest BCUT2D eigenvalue weighted by Crippen LogP contribution is -2.32. The maximum atomic E-state index is 13.0. The minimum atomic E-state index is -0.411. The Morgan fingerprint density at radius 2 is 1.81 bits per heavy atom. The number of amides is 2. The van der Waals surface area contributed by atoms with E-state index in [0.29, 0.717) is 38.9 Å². The summed E-state index contributed by atoms with van der Waals surface area (Å²) in [6.07, 6.45) is 1.64. The summed E-state index contributed by atoms with van der Waals surface area (Å²) in [6.45, 7) is 2.67. The van der Waals surface area contributed by atoms with Gasteiger partial charge in [0.05, 0.1) is 22.5 Å². The van der Waals surface area contributed by atoms with Gasteiger partial charge in [0.1, 0.15) is 24.8 Å². The fourth-order valence-corrected chi connectivity index (χ4v) is 5.10. The molecule has 0 atom stereocenters. The molecular weight excluding hydrogens is 585 g/mol. The molecule has 0 saturated carbocycles. The highest BCUT2D eigenvalue weighted by molar-refractivity contribution is 9.10. The number of benzene rings is 3. The molecule has 6 nitrogen and oxygen atoms in total. The fourth-order valence-electron chi connectivity index (χ4n) is 3.47. The van der Waals surface area contributed by atoms with Gasteiger partial charge in [-0.3, -0.25) is 14.5 Å². The lowest BCUT2D eigenvalue weighted by Gasteiger charge is -2.15. The molecule has 1 aliphatic heterocycles. The third-order valence-electron chi connectivity index (χ3n) is 5.23. The zero-order chi connectivity index (χ0) is 26.4. The van der Waals surface area contributed by atoms with Crippen LogP contribution in [0, 0.1) is 5.82 Å². The van der Waals surface area contributed by atoms with Gasteiger partial charge >= 0.3 is 0 Å². The largest absolute Gasteiger partial charge is 0.492 e. The molecule has 1 saturated heterocycles. The van der Waals surface area contributed by atoms with E-state index in [4.69, 9.17) is 25.8 Å². The van der Waals surface area contributed by atoms with Crippen molar-refractivity contribution >= 4 is 56.5 Å². The molecule has 0 aromatic heterocycles. The molecule has 3 aromatic carbocycles. The van der Waals surface area contributed by atoms with Gasteiger partial charge in [-0.15, -0.1) is 0 Å². The highest BCUT2D eigenvalue weighted by atomic mass is 79.9. The summed E-state index contributed by atoms with van der Waals surface area (Å²) in [5.41, 5.74) is 1.49. The van der Waals surface area contributed by atoms with Crippen LogP contribution in [0.2, 0.25) is 5.02 Å². The third-order valence-corrected chi connectivity index (χ3v) is 7.10. The molecule has 1 heterocycles. The Labute approximate surface area is 231 Å². The van der Waals surface area contributed by atoms with E-state index in [-0.39, 0.29) is 35.7 Å². The smallest absolute Gasteiger partial charge is 0.293 e. The second-order valence-electron chi connectivity index (χ2n) is 7.78. The Kier molecular flexibility index (Phi) is 9.13. The van der Waals surface area contributed by atoms with Gasteiger partial charge in [-0.1, -0.05) is 29.8 Å². The molecule has 192 valence electrons. The normalized spacial score (nSPS) is 14.4. The number of ether oxygens (including phenoxy) is 3. The molecule has 2 amide bonds. The number of nitrogens with zero attached hydrogens (tertiary/aromatic N) is 1. The molecule has 1 aliphatic rings. The summed E-state index contributed by atoms with van der Waals surface area (Å²) in [7, 11) is 0. The molecule has 3 aromatic rings. The Bertz CT molecular complexity index is 1330. The van der Waals surface area contributed by atoms with Crippen LogP contribution in [0.4, 0.5) is 9.18 Å². The molecule has 0 radical (unpaired) electrons. The molecule has 0 unspecified atom stereocenters. The van der Waals surface area contributed by atoms with Crippen molar-refractivity contribution in [3.05, 3.63) is 92.0 Å². The predicted molar refractivity (Wildman–Crippen MR) is 146 cm³/mol. The monoisotopic (exact) mass is 605 g/mol. The van der Waals surface area contributed by atoms with Crippen molar-refractivity contribution in [2.45, 2.75) is 13.5 Å². The number of carbonyl (C=O) groups excluding carboxylic acids is 2. The lowest BCUT2D eigenvalue weighted by molar-refractivity contribution is -0.123. The van der Waals surface area contributed by atoms with Crippen LogP contribution in [-0.2, 0) is 11.4 Å². The Hall–Kier alpha value is -3.01. The molecule has 0 bridgehead atoms. The van der Waals surface area contributed by atoms with Gasteiger partial charge in [0, 0.05) is 10.6 Å². The number of halogens is 3. The molecule has 0 spiro atoms. The quantitative estimate of drug-likeness (QED) is 0.225. The average molecular weight is 607 g/mol. The highest BCUT2D eigenvalue weighted by Gasteiger charge is 2.35. The summed E-state index contributed by atoms with van der Waals surface area (Å²) in [5, 5.41) is 0.217. The molecule has 0 aliphatic carbocycles. The number of thioether (sulfide) groups is 1. The van der Waals surface area contributed by atoms with Crippen molar-refractivity contribution in [2.75, 3.05) is 19.8 Å². The summed E-state index contributed by atoms with van der Waals surface area (Å²) >= 11 is 10.6. The summed E-state index contributed by atoms with van der Waals surface area (Å²) in [4.78, 5) is 26.8. The van der Waals surface area contributed by atoms with Crippen molar-refractivity contribution in [1.29, 1.82) is 0 Å². The minimum absolute atomic E-state index is 0.0715. The van der Waals surface area contributed by atoms with Gasteiger partial charge in [-0.2, -0.15) is 0 Å². The van der Waals surface area contributed by atoms with Gasteiger partial charge in [0.15, 0.2) is 11.5 Å². The molecule has 1 fully saturated rings. The Balaban J connectivity index is 1.46. The first-order valence-corrected chi connectivity index (χ1v) is 13.3. The minimum Gasteiger partial charge on any atom is -0.492 e. The van der Waals surface area contributed by atoms with Crippen LogP contribution < -0.4 is 14.2 Å². The summed E-state index contributed by atoms with van der Waals surface area (Å²) in [6, 6.07) is 16.5. The second-order valence-corrected chi connectivity index (χ2v) is 10.0. The van der Waals surface area contributed by atoms with Gasteiger partial charge in [0.2, 0.25) is 0 Å². The topological polar surface area (TPSA) is 65.1 Å². The average Bonchev–Trinajstić information content (AvgIpc) is 3.13. The van der Waals surface area contributed by atoms with Gasteiger partial charge in [0.25, 0.3) is 11.1 Å². The highest BCUT2D eigenvalue weighted by Crippen LogP contribution is 2.40. The van der Waals surface area contributed by atoms with E-state index in [1.807, 2.05) is 25.1 Å². The van der Waals surface area contributed by atoms with E-state index in [1.165, 1.54) is 24.3 Å². The van der Waals surface area contributed by atoms with E-state index in [2.05, 4.69) is 15.9 Å². The molecule has 37 heavy (non-hydrogen) atoms. The van der Waals surface area contributed by atoms with Crippen molar-refractivity contribution in [3.63, 3.8) is 0 Å². The Morgan fingerprint density at radius 1 is 1.05 bits per heavy atom. The van der Waals surface area contributed by atoms with E-state index in [9.17, 15) is 14.0 Å². The molecular formula is C27H22BrClFNO5S. The first-order valence-electron chi connectivity index (χ1n) is 11.3. The zero-order valence-electron chi connectivity index (χ0n) is 19.7. The number of carbonyl (C=O) groups is 2. The fraction of sp³-hybridized carbons (Fsp3) is 0.185. The number of hydrogen-bond acceptors (Lipinski definition) is 6. The first-order chi connectivity index (χ1) is 17.9. The second kappa shape index (κ2) is 12.5. The summed E-state index contributed by atoms with van der Waals surface area (Å²) < 4.78 is 31.0. The summed E-state index contributed by atoms with van der Waals surface area (Å²) in [5.74, 6) is 0.662. The standard InChI is InChI=1S/C27H22BrClFNO5S/c1-2-34-23-14-17(13-21(28)25(23)36-16-18-5-3-4-6-22(18)29)15-24-26(32)31(27(33)37-24)11-12-35-20-9-7-19(30)8-10-20/h3-10,13-15H,2,11-12,16H2,1H3/b24-15-. The zero-order valence-corrected chi connectivity index (χ0v) is 22.9. The van der Waals surface area contributed by atoms with Crippen LogP contribution in [0.25, 0.3) is 6.08 Å². The SMILES string of the molecule is CCOc1cc(/C=C2\SC(=O)N(CCOc3ccc(F)cc3)C2=O)cc(Br)c1OCc1ccccc1Cl. The van der Waals surface area contributed by atoms with Crippen LogP contribution in [0.1, 0.15) is 18.1 Å². The maximum absolute atomic E-state index is 13.0. The van der Waals surface area contributed by atoms with Gasteiger partial charge < -0.3 is 14.2 Å². The lowest BCUT2D eigenvalue weighted by atomic mass is 10.1. The number of hydrogen-bond donors (Lipinski definition) is 0. The molecule has 10 heteroatoms. The van der Waals surface area contributed by atoms with Crippen molar-refractivity contribution in [1.82, 2.24) is 4.90 Å². The van der Waals surface area contributed by atoms with Crippen molar-refractivity contribution in [2.24, 2.45) is 0 Å². The number of imide groups is 1. The first kappa shape index (κ1) is 27.0. The molecule has 0 N–H and O–H groups in total. The van der Waals surface area contributed by atoms with Crippen LogP contribution in [0.5, 0.6) is 17.2 Å². The van der Waals surface area contributed by atoms with Crippen LogP contribution in [-0.4, -0.2) is 35.8 Å². The van der Waals surface area contributed by atoms with E-state index in [0.717, 1.165) is 22.2 Å². The van der Waals surface area contributed by atoms with Gasteiger partial charge in [-0.25, -0.2) is 4.39 Å². The van der Waals surface area contributed by atoms with Crippen molar-refractivity contribution in [3.8, 4) is 17.2 Å². The van der Waals surface area contributed by atoms with Crippen LogP contribution in [0.3, 0.4) is 0 Å². The van der Waals surface area contributed by atoms with Crippen LogP contribution in [0.15, 0.2) is 70.0 Å². The number of rotatable bonds is 10. The van der Waals surface area contributed by atoms with E-state index in [1.54, 1.807) is 24.3 Å².